The van der Waals surface area contributed by atoms with Crippen molar-refractivity contribution in [3.63, 3.8) is 0 Å². The van der Waals surface area contributed by atoms with Crippen LogP contribution in [0.3, 0.4) is 0 Å². The molecule has 5 nitrogen and oxygen atoms in total. The molecule has 5 heteroatoms. The summed E-state index contributed by atoms with van der Waals surface area (Å²) < 4.78 is 0. The molecule has 2 amide bonds. The van der Waals surface area contributed by atoms with E-state index in [-0.39, 0.29) is 24.4 Å². The fourth-order valence-electron chi connectivity index (χ4n) is 3.99. The molecular weight excluding hydrogens is 362 g/mol. The summed E-state index contributed by atoms with van der Waals surface area (Å²) in [7, 11) is 0. The lowest BCUT2D eigenvalue weighted by Gasteiger charge is -2.34. The molecule has 2 atom stereocenters. The van der Waals surface area contributed by atoms with E-state index in [1.165, 1.54) is 5.56 Å². The molecule has 0 aromatic heterocycles. The largest absolute Gasteiger partial charge is 0.368 e. The molecule has 29 heavy (non-hydrogen) atoms. The highest BCUT2D eigenvalue weighted by Gasteiger charge is 2.31. The molecular formula is C24H31N3O2. The van der Waals surface area contributed by atoms with E-state index in [0.29, 0.717) is 18.9 Å². The van der Waals surface area contributed by atoms with Gasteiger partial charge in [-0.15, -0.1) is 0 Å². The summed E-state index contributed by atoms with van der Waals surface area (Å²) in [4.78, 5) is 26.5. The number of carbonyl (C=O) groups excluding carboxylic acids is 2. The molecule has 0 spiro atoms. The van der Waals surface area contributed by atoms with Gasteiger partial charge in [0, 0.05) is 6.54 Å². The molecule has 2 aromatic rings. The first-order valence-electron chi connectivity index (χ1n) is 10.3. The summed E-state index contributed by atoms with van der Waals surface area (Å²) in [5.41, 5.74) is 10.3. The number of hydrogen-bond acceptors (Lipinski definition) is 3. The van der Waals surface area contributed by atoms with Gasteiger partial charge in [-0.25, -0.2) is 0 Å². The van der Waals surface area contributed by atoms with E-state index in [1.807, 2.05) is 36.1 Å². The molecule has 2 aromatic carbocycles. The zero-order valence-corrected chi connectivity index (χ0v) is 17.5. The Labute approximate surface area is 173 Å². The molecule has 0 saturated heterocycles. The fraction of sp³-hybridized carbons (Fsp3) is 0.417. The monoisotopic (exact) mass is 393 g/mol. The average molecular weight is 394 g/mol. The van der Waals surface area contributed by atoms with Crippen LogP contribution in [-0.4, -0.2) is 29.3 Å². The standard InChI is InChI=1S/C24H31N3O2/c1-16(2)12-18-8-10-19(11-9-18)17(3)26-23(28)15-27-14-21-7-5-4-6-20(21)13-22(27)24(25)29/h4-11,16-17,22H,12-15H2,1-3H3,(H2,25,29)(H,26,28)/t17?,22-/m0/s1. The molecule has 0 radical (unpaired) electrons. The Morgan fingerprint density at radius 1 is 1.07 bits per heavy atom. The second kappa shape index (κ2) is 9.23. The van der Waals surface area contributed by atoms with Crippen LogP contribution in [0.15, 0.2) is 48.5 Å². The molecule has 0 fully saturated rings. The van der Waals surface area contributed by atoms with Crippen LogP contribution >= 0.6 is 0 Å². The van der Waals surface area contributed by atoms with Gasteiger partial charge in [0.05, 0.1) is 18.6 Å². The molecule has 3 N–H and O–H groups in total. The third-order valence-electron chi connectivity index (χ3n) is 5.52. The van der Waals surface area contributed by atoms with E-state index in [9.17, 15) is 9.59 Å². The number of nitrogens with two attached hydrogens (primary N) is 1. The second-order valence-corrected chi connectivity index (χ2v) is 8.42. The minimum atomic E-state index is -0.457. The predicted molar refractivity (Wildman–Crippen MR) is 115 cm³/mol. The lowest BCUT2D eigenvalue weighted by Crippen LogP contribution is -2.51. The van der Waals surface area contributed by atoms with Crippen molar-refractivity contribution in [2.45, 2.75) is 52.2 Å². The van der Waals surface area contributed by atoms with Crippen molar-refractivity contribution in [2.75, 3.05) is 6.54 Å². The van der Waals surface area contributed by atoms with Gasteiger partial charge in [0.15, 0.2) is 0 Å². The van der Waals surface area contributed by atoms with Gasteiger partial charge >= 0.3 is 0 Å². The van der Waals surface area contributed by atoms with E-state index in [0.717, 1.165) is 23.1 Å². The first-order valence-corrected chi connectivity index (χ1v) is 10.3. The normalized spacial score (nSPS) is 17.6. The van der Waals surface area contributed by atoms with Gasteiger partial charge in [0.2, 0.25) is 11.8 Å². The van der Waals surface area contributed by atoms with Crippen LogP contribution in [0.1, 0.15) is 49.1 Å². The Bertz CT molecular complexity index is 861. The van der Waals surface area contributed by atoms with Crippen molar-refractivity contribution in [1.29, 1.82) is 0 Å². The summed E-state index contributed by atoms with van der Waals surface area (Å²) in [6.07, 6.45) is 1.59. The number of hydrogen-bond donors (Lipinski definition) is 2. The van der Waals surface area contributed by atoms with Crippen LogP contribution in [0.2, 0.25) is 0 Å². The van der Waals surface area contributed by atoms with E-state index in [4.69, 9.17) is 5.73 Å². The first kappa shape index (κ1) is 21.1. The number of primary amides is 1. The molecule has 1 aliphatic heterocycles. The lowest BCUT2D eigenvalue weighted by atomic mass is 9.93. The van der Waals surface area contributed by atoms with Crippen molar-refractivity contribution in [3.05, 3.63) is 70.8 Å². The van der Waals surface area contributed by atoms with Gasteiger partial charge in [-0.05, 0) is 47.9 Å². The minimum absolute atomic E-state index is 0.0975. The van der Waals surface area contributed by atoms with Crippen molar-refractivity contribution >= 4 is 11.8 Å². The van der Waals surface area contributed by atoms with Gasteiger partial charge in [-0.2, -0.15) is 0 Å². The Balaban J connectivity index is 1.62. The molecule has 0 saturated carbocycles. The third kappa shape index (κ3) is 5.45. The molecule has 154 valence electrons. The first-order chi connectivity index (χ1) is 13.8. The number of nitrogens with one attached hydrogen (secondary N) is 1. The van der Waals surface area contributed by atoms with Crippen molar-refractivity contribution in [2.24, 2.45) is 11.7 Å². The van der Waals surface area contributed by atoms with Crippen molar-refractivity contribution < 1.29 is 9.59 Å². The second-order valence-electron chi connectivity index (χ2n) is 8.42. The van der Waals surface area contributed by atoms with Crippen LogP contribution in [0.4, 0.5) is 0 Å². The summed E-state index contributed by atoms with van der Waals surface area (Å²) in [5, 5.41) is 3.05. The van der Waals surface area contributed by atoms with E-state index < -0.39 is 6.04 Å². The SMILES string of the molecule is CC(C)Cc1ccc(C(C)NC(=O)CN2Cc3ccccc3C[C@H]2C(N)=O)cc1. The van der Waals surface area contributed by atoms with E-state index in [2.05, 4.69) is 43.4 Å². The average Bonchev–Trinajstić information content (AvgIpc) is 2.67. The predicted octanol–water partition coefficient (Wildman–Crippen LogP) is 2.97. The molecule has 0 aliphatic carbocycles. The van der Waals surface area contributed by atoms with E-state index >= 15 is 0 Å². The third-order valence-corrected chi connectivity index (χ3v) is 5.52. The van der Waals surface area contributed by atoms with Gasteiger partial charge in [0.1, 0.15) is 0 Å². The summed E-state index contributed by atoms with van der Waals surface area (Å²) in [5.74, 6) is 0.126. The Morgan fingerprint density at radius 2 is 1.72 bits per heavy atom. The van der Waals surface area contributed by atoms with Crippen LogP contribution in [0, 0.1) is 5.92 Å². The topological polar surface area (TPSA) is 75.4 Å². The van der Waals surface area contributed by atoms with Gasteiger partial charge < -0.3 is 11.1 Å². The fourth-order valence-corrected chi connectivity index (χ4v) is 3.99. The van der Waals surface area contributed by atoms with Gasteiger partial charge in [-0.1, -0.05) is 62.4 Å². The van der Waals surface area contributed by atoms with Crippen molar-refractivity contribution in [3.8, 4) is 0 Å². The van der Waals surface area contributed by atoms with Crippen LogP contribution in [-0.2, 0) is 29.0 Å². The summed E-state index contributed by atoms with van der Waals surface area (Å²) >= 11 is 0. The van der Waals surface area contributed by atoms with Crippen molar-refractivity contribution in [1.82, 2.24) is 10.2 Å². The Hall–Kier alpha value is -2.66. The number of amides is 2. The number of fused-ring (bicyclic) bond motifs is 1. The minimum Gasteiger partial charge on any atom is -0.368 e. The highest BCUT2D eigenvalue weighted by atomic mass is 16.2. The Kier molecular flexibility index (Phi) is 6.70. The van der Waals surface area contributed by atoms with Gasteiger partial charge in [0.25, 0.3) is 0 Å². The number of benzene rings is 2. The Morgan fingerprint density at radius 3 is 2.34 bits per heavy atom. The van der Waals surface area contributed by atoms with Crippen LogP contribution in [0.25, 0.3) is 0 Å². The number of nitrogens with zero attached hydrogens (tertiary/aromatic N) is 1. The highest BCUT2D eigenvalue weighted by Crippen LogP contribution is 2.23. The van der Waals surface area contributed by atoms with E-state index in [1.54, 1.807) is 0 Å². The maximum absolute atomic E-state index is 12.7. The lowest BCUT2D eigenvalue weighted by molar-refractivity contribution is -0.127. The molecule has 1 aliphatic rings. The maximum atomic E-state index is 12.7. The highest BCUT2D eigenvalue weighted by molar-refractivity contribution is 5.83. The quantitative estimate of drug-likeness (QED) is 0.759. The molecule has 3 rings (SSSR count). The molecule has 0 bridgehead atoms. The maximum Gasteiger partial charge on any atom is 0.235 e. The summed E-state index contributed by atoms with van der Waals surface area (Å²) in [6, 6.07) is 15.9. The number of carbonyl (C=O) groups is 2. The van der Waals surface area contributed by atoms with Crippen LogP contribution in [0.5, 0.6) is 0 Å². The molecule has 1 heterocycles. The number of rotatable bonds is 7. The zero-order valence-electron chi connectivity index (χ0n) is 17.5. The van der Waals surface area contributed by atoms with Gasteiger partial charge in [-0.3, -0.25) is 14.5 Å². The molecule has 1 unspecified atom stereocenters. The van der Waals surface area contributed by atoms with Crippen LogP contribution < -0.4 is 11.1 Å². The smallest absolute Gasteiger partial charge is 0.235 e. The zero-order chi connectivity index (χ0) is 21.0. The summed E-state index contributed by atoms with van der Waals surface area (Å²) in [6.45, 7) is 7.09.